The van der Waals surface area contributed by atoms with Gasteiger partial charge in [-0.15, -0.1) is 0 Å². The van der Waals surface area contributed by atoms with Crippen molar-refractivity contribution in [3.63, 3.8) is 0 Å². The molecule has 2 fully saturated rings. The number of rotatable bonds is 13. The minimum Gasteiger partial charge on any atom is -0.459 e. The molecule has 3 atom stereocenters. The van der Waals surface area contributed by atoms with E-state index in [1.54, 1.807) is 0 Å². The summed E-state index contributed by atoms with van der Waals surface area (Å²) in [6, 6.07) is 6.53. The van der Waals surface area contributed by atoms with Crippen molar-refractivity contribution in [3.05, 3.63) is 35.6 Å². The summed E-state index contributed by atoms with van der Waals surface area (Å²) in [5.41, 5.74) is 1.02. The third-order valence-corrected chi connectivity index (χ3v) is 8.57. The maximum absolute atomic E-state index is 13.8. The first-order valence-electron chi connectivity index (χ1n) is 15.4. The highest BCUT2D eigenvalue weighted by Gasteiger charge is 2.40. The number of hydrogen-bond acceptors (Lipinski definition) is 9. The Morgan fingerprint density at radius 3 is 2.49 bits per heavy atom. The van der Waals surface area contributed by atoms with Crippen molar-refractivity contribution in [2.24, 2.45) is 5.92 Å². The van der Waals surface area contributed by atoms with Gasteiger partial charge in [0.05, 0.1) is 26.4 Å². The van der Waals surface area contributed by atoms with Crippen LogP contribution in [0.2, 0.25) is 0 Å². The van der Waals surface area contributed by atoms with Crippen LogP contribution >= 0.6 is 0 Å². The molecule has 0 aromatic heterocycles. The topological polar surface area (TPSA) is 99.2 Å². The zero-order valence-corrected chi connectivity index (χ0v) is 24.3. The number of amides is 1. The first kappa shape index (κ1) is 30.1. The Labute approximate surface area is 243 Å². The average Bonchev–Trinajstić information content (AvgIpc) is 3.49. The fourth-order valence-corrected chi connectivity index (χ4v) is 6.41. The summed E-state index contributed by atoms with van der Waals surface area (Å²) < 4.78 is 34.8. The number of carbonyl (C=O) groups excluding carboxylic acids is 1. The molecule has 2 saturated heterocycles. The number of piperidine rings is 2. The highest BCUT2D eigenvalue weighted by molar-refractivity contribution is 5.92. The maximum atomic E-state index is 13.8. The summed E-state index contributed by atoms with van der Waals surface area (Å²) in [6.07, 6.45) is 7.96. The number of likely N-dealkylation sites (tertiary alicyclic amines) is 2. The van der Waals surface area contributed by atoms with Gasteiger partial charge in [0.25, 0.3) is 5.91 Å². The number of benzene rings is 1. The Kier molecular flexibility index (Phi) is 11.2. The van der Waals surface area contributed by atoms with Crippen molar-refractivity contribution >= 4 is 5.91 Å². The van der Waals surface area contributed by atoms with E-state index in [1.807, 2.05) is 36.1 Å². The SMILES string of the molecule is CCO[C@@H]1OC(C(=O)N2CCC(N3CCCCC3)CC2)=C[C@H](c2ccc3c(c2)OCO3)[C@H]1CCOCCOCCO. The second-order valence-corrected chi connectivity index (χ2v) is 11.1. The first-order valence-corrected chi connectivity index (χ1v) is 15.4. The summed E-state index contributed by atoms with van der Waals surface area (Å²) in [6.45, 7) is 8.11. The van der Waals surface area contributed by atoms with Crippen LogP contribution in [-0.4, -0.2) is 106 Å². The maximum Gasteiger partial charge on any atom is 0.288 e. The lowest BCUT2D eigenvalue weighted by molar-refractivity contribution is -0.172. The van der Waals surface area contributed by atoms with Gasteiger partial charge in [-0.1, -0.05) is 12.5 Å². The molecule has 0 spiro atoms. The second-order valence-electron chi connectivity index (χ2n) is 11.1. The monoisotopic (exact) mass is 574 g/mol. The van der Waals surface area contributed by atoms with Gasteiger partial charge < -0.3 is 43.3 Å². The van der Waals surface area contributed by atoms with Gasteiger partial charge in [-0.3, -0.25) is 4.79 Å². The Morgan fingerprint density at radius 1 is 0.976 bits per heavy atom. The van der Waals surface area contributed by atoms with Gasteiger partial charge in [0.2, 0.25) is 13.1 Å². The van der Waals surface area contributed by atoms with Crippen LogP contribution in [0.1, 0.15) is 56.9 Å². The molecule has 1 amide bonds. The van der Waals surface area contributed by atoms with Crippen LogP contribution in [0.3, 0.4) is 0 Å². The quantitative estimate of drug-likeness (QED) is 0.356. The van der Waals surface area contributed by atoms with Crippen LogP contribution in [-0.2, 0) is 23.7 Å². The number of fused-ring (bicyclic) bond motifs is 1. The summed E-state index contributed by atoms with van der Waals surface area (Å²) in [7, 11) is 0. The molecule has 228 valence electrons. The van der Waals surface area contributed by atoms with Gasteiger partial charge >= 0.3 is 0 Å². The van der Waals surface area contributed by atoms with Crippen molar-refractivity contribution in [1.29, 1.82) is 0 Å². The summed E-state index contributed by atoms with van der Waals surface area (Å²) in [5.74, 6) is 1.52. The lowest BCUT2D eigenvalue weighted by atomic mass is 9.81. The predicted octanol–water partition coefficient (Wildman–Crippen LogP) is 3.28. The highest BCUT2D eigenvalue weighted by Crippen LogP contribution is 2.43. The molecule has 10 nitrogen and oxygen atoms in total. The van der Waals surface area contributed by atoms with Crippen molar-refractivity contribution in [1.82, 2.24) is 9.80 Å². The van der Waals surface area contributed by atoms with E-state index in [2.05, 4.69) is 4.90 Å². The van der Waals surface area contributed by atoms with Gasteiger partial charge in [-0.05, 0) is 75.9 Å². The molecule has 1 aromatic carbocycles. The Hall–Kier alpha value is -2.37. The number of hydrogen-bond donors (Lipinski definition) is 1. The first-order chi connectivity index (χ1) is 20.2. The Balaban J connectivity index is 1.30. The molecule has 0 aliphatic carbocycles. The van der Waals surface area contributed by atoms with E-state index in [0.717, 1.165) is 37.2 Å². The average molecular weight is 575 g/mol. The lowest BCUT2D eigenvalue weighted by Crippen LogP contribution is -2.49. The van der Waals surface area contributed by atoms with Crippen LogP contribution in [0.25, 0.3) is 0 Å². The third kappa shape index (κ3) is 7.73. The molecule has 0 saturated carbocycles. The van der Waals surface area contributed by atoms with Crippen LogP contribution in [0.5, 0.6) is 11.5 Å². The van der Waals surface area contributed by atoms with Crippen molar-refractivity contribution < 1.29 is 38.3 Å². The number of allylic oxidation sites excluding steroid dienone is 1. The van der Waals surface area contributed by atoms with Gasteiger partial charge in [-0.25, -0.2) is 0 Å². The largest absolute Gasteiger partial charge is 0.459 e. The van der Waals surface area contributed by atoms with Crippen molar-refractivity contribution in [2.45, 2.75) is 63.7 Å². The van der Waals surface area contributed by atoms with Gasteiger partial charge in [-0.2, -0.15) is 0 Å². The van der Waals surface area contributed by atoms with E-state index in [1.165, 1.54) is 32.4 Å². The normalized spacial score (nSPS) is 25.2. The number of nitrogens with zero attached hydrogens (tertiary/aromatic N) is 2. The van der Waals surface area contributed by atoms with Gasteiger partial charge in [0, 0.05) is 44.2 Å². The van der Waals surface area contributed by atoms with Crippen LogP contribution in [0, 0.1) is 5.92 Å². The molecule has 1 N–H and O–H groups in total. The van der Waals surface area contributed by atoms with E-state index < -0.39 is 6.29 Å². The second kappa shape index (κ2) is 15.2. The lowest BCUT2D eigenvalue weighted by Gasteiger charge is -2.41. The summed E-state index contributed by atoms with van der Waals surface area (Å²) in [5, 5.41) is 8.88. The Bertz CT molecular complexity index is 1010. The molecule has 0 unspecified atom stereocenters. The summed E-state index contributed by atoms with van der Waals surface area (Å²) in [4.78, 5) is 18.4. The van der Waals surface area contributed by atoms with E-state index in [9.17, 15) is 4.79 Å². The van der Waals surface area contributed by atoms with Gasteiger partial charge in [0.1, 0.15) is 0 Å². The molecule has 41 heavy (non-hydrogen) atoms. The molecular weight excluding hydrogens is 528 g/mol. The molecule has 4 aliphatic rings. The van der Waals surface area contributed by atoms with E-state index >= 15 is 0 Å². The molecule has 0 bridgehead atoms. The minimum atomic E-state index is -0.584. The number of ether oxygens (including phenoxy) is 6. The van der Waals surface area contributed by atoms with Crippen LogP contribution in [0.4, 0.5) is 0 Å². The van der Waals surface area contributed by atoms with E-state index in [0.29, 0.717) is 57.0 Å². The smallest absolute Gasteiger partial charge is 0.288 e. The fraction of sp³-hybridized carbons (Fsp3) is 0.710. The molecule has 5 rings (SSSR count). The van der Waals surface area contributed by atoms with E-state index in [-0.39, 0.29) is 31.1 Å². The minimum absolute atomic E-state index is 0.00347. The highest BCUT2D eigenvalue weighted by atomic mass is 16.7. The molecule has 4 aliphatic heterocycles. The van der Waals surface area contributed by atoms with E-state index in [4.69, 9.17) is 33.5 Å². The number of aliphatic hydroxyl groups is 1. The predicted molar refractivity (Wildman–Crippen MR) is 152 cm³/mol. The molecule has 10 heteroatoms. The molecule has 4 heterocycles. The van der Waals surface area contributed by atoms with Crippen LogP contribution in [0.15, 0.2) is 30.0 Å². The third-order valence-electron chi connectivity index (χ3n) is 8.57. The van der Waals surface area contributed by atoms with Crippen molar-refractivity contribution in [3.8, 4) is 11.5 Å². The number of carbonyl (C=O) groups is 1. The zero-order chi connectivity index (χ0) is 28.4. The molecule has 1 aromatic rings. The van der Waals surface area contributed by atoms with Gasteiger partial charge in [0.15, 0.2) is 17.3 Å². The standard InChI is InChI=1S/C31H46N2O8/c1-2-38-31-25(10-16-36-18-19-37-17-15-34)26(23-6-7-27-28(20-23)40-22-39-27)21-29(41-31)30(35)33-13-8-24(9-14-33)32-11-4-3-5-12-32/h6-7,20-21,24-26,31,34H,2-5,8-19,22H2,1H3/t25-,26-,31-/m1/s1. The van der Waals surface area contributed by atoms with Crippen LogP contribution < -0.4 is 9.47 Å². The molecule has 0 radical (unpaired) electrons. The molecular formula is C31H46N2O8. The summed E-state index contributed by atoms with van der Waals surface area (Å²) >= 11 is 0. The Morgan fingerprint density at radius 2 is 1.73 bits per heavy atom. The zero-order valence-electron chi connectivity index (χ0n) is 24.3. The van der Waals surface area contributed by atoms with Crippen molar-refractivity contribution in [2.75, 3.05) is 72.6 Å². The fourth-order valence-electron chi connectivity index (χ4n) is 6.41. The number of aliphatic hydroxyl groups excluding tert-OH is 1.